The monoisotopic (exact) mass is 298 g/mol. The number of carbonyl (C=O) groups is 1. The highest BCUT2D eigenvalue weighted by Crippen LogP contribution is 2.32. The summed E-state index contributed by atoms with van der Waals surface area (Å²) in [4.78, 5) is 14.6. The van der Waals surface area contributed by atoms with Gasteiger partial charge in [-0.1, -0.05) is 18.2 Å². The van der Waals surface area contributed by atoms with E-state index in [1.54, 1.807) is 12.1 Å². The molecule has 0 saturated carbocycles. The first kappa shape index (κ1) is 14.6. The number of para-hydroxylation sites is 1. The molecule has 2 aromatic rings. The van der Waals surface area contributed by atoms with Crippen molar-refractivity contribution in [3.63, 3.8) is 0 Å². The van der Waals surface area contributed by atoms with E-state index in [4.69, 9.17) is 0 Å². The molecule has 2 unspecified atom stereocenters. The minimum absolute atomic E-state index is 0.0294. The van der Waals surface area contributed by atoms with Crippen LogP contribution in [0.25, 0.3) is 0 Å². The molecule has 0 aromatic heterocycles. The lowest BCUT2D eigenvalue weighted by Gasteiger charge is -2.27. The van der Waals surface area contributed by atoms with Crippen LogP contribution < -0.4 is 10.2 Å². The van der Waals surface area contributed by atoms with Crippen LogP contribution >= 0.6 is 0 Å². The van der Waals surface area contributed by atoms with E-state index in [1.165, 1.54) is 17.7 Å². The van der Waals surface area contributed by atoms with E-state index >= 15 is 0 Å². The number of anilines is 2. The standard InChI is InChI=1S/C18H19FN2O/c1-12-11-14-5-3-4-6-17(14)21(12)18(22)13(2)20-16-9-7-15(19)8-10-16/h3-10,12-13,20H,11H2,1-2H3. The van der Waals surface area contributed by atoms with Gasteiger partial charge in [0, 0.05) is 17.4 Å². The first-order chi connectivity index (χ1) is 10.6. The van der Waals surface area contributed by atoms with Crippen molar-refractivity contribution in [2.75, 3.05) is 10.2 Å². The third kappa shape index (κ3) is 2.69. The predicted octanol–water partition coefficient (Wildman–Crippen LogP) is 3.60. The Labute approximate surface area is 129 Å². The van der Waals surface area contributed by atoms with Gasteiger partial charge < -0.3 is 10.2 Å². The number of fused-ring (bicyclic) bond motifs is 1. The van der Waals surface area contributed by atoms with E-state index in [0.29, 0.717) is 0 Å². The Morgan fingerprint density at radius 2 is 1.91 bits per heavy atom. The van der Waals surface area contributed by atoms with Gasteiger partial charge in [-0.15, -0.1) is 0 Å². The smallest absolute Gasteiger partial charge is 0.249 e. The molecule has 0 aliphatic carbocycles. The molecule has 1 aliphatic rings. The molecule has 0 bridgehead atoms. The first-order valence-electron chi connectivity index (χ1n) is 7.49. The third-order valence-electron chi connectivity index (χ3n) is 4.04. The van der Waals surface area contributed by atoms with E-state index in [0.717, 1.165) is 17.8 Å². The first-order valence-corrected chi connectivity index (χ1v) is 7.49. The molecule has 0 fully saturated rings. The molecular formula is C18H19FN2O. The van der Waals surface area contributed by atoms with Crippen molar-refractivity contribution in [1.82, 2.24) is 0 Å². The molecule has 1 aliphatic heterocycles. The molecule has 1 N–H and O–H groups in total. The fourth-order valence-corrected chi connectivity index (χ4v) is 2.97. The van der Waals surface area contributed by atoms with Crippen LogP contribution in [0.3, 0.4) is 0 Å². The van der Waals surface area contributed by atoms with E-state index < -0.39 is 0 Å². The number of carbonyl (C=O) groups excluding carboxylic acids is 1. The third-order valence-corrected chi connectivity index (χ3v) is 4.04. The van der Waals surface area contributed by atoms with Crippen LogP contribution in [-0.2, 0) is 11.2 Å². The summed E-state index contributed by atoms with van der Waals surface area (Å²) in [5, 5.41) is 3.14. The van der Waals surface area contributed by atoms with Crippen molar-refractivity contribution in [1.29, 1.82) is 0 Å². The van der Waals surface area contributed by atoms with Gasteiger partial charge >= 0.3 is 0 Å². The lowest BCUT2D eigenvalue weighted by atomic mass is 10.1. The van der Waals surface area contributed by atoms with Gasteiger partial charge in [-0.25, -0.2) is 4.39 Å². The van der Waals surface area contributed by atoms with Crippen molar-refractivity contribution >= 4 is 17.3 Å². The highest BCUT2D eigenvalue weighted by Gasteiger charge is 2.32. The van der Waals surface area contributed by atoms with Gasteiger partial charge in [-0.3, -0.25) is 4.79 Å². The number of hydrogen-bond acceptors (Lipinski definition) is 2. The molecule has 2 atom stereocenters. The quantitative estimate of drug-likeness (QED) is 0.939. The molecule has 114 valence electrons. The lowest BCUT2D eigenvalue weighted by Crippen LogP contribution is -2.44. The van der Waals surface area contributed by atoms with Crippen molar-refractivity contribution in [3.8, 4) is 0 Å². The lowest BCUT2D eigenvalue weighted by molar-refractivity contribution is -0.119. The van der Waals surface area contributed by atoms with Crippen LogP contribution in [0.5, 0.6) is 0 Å². The van der Waals surface area contributed by atoms with Gasteiger partial charge in [0.2, 0.25) is 5.91 Å². The second kappa shape index (κ2) is 5.79. The average Bonchev–Trinajstić information content (AvgIpc) is 2.84. The number of nitrogens with zero attached hydrogens (tertiary/aromatic N) is 1. The highest BCUT2D eigenvalue weighted by molar-refractivity contribution is 6.00. The van der Waals surface area contributed by atoms with Gasteiger partial charge in [0.05, 0.1) is 0 Å². The summed E-state index contributed by atoms with van der Waals surface area (Å²) in [5.74, 6) is -0.256. The van der Waals surface area contributed by atoms with Crippen LogP contribution in [0, 0.1) is 5.82 Å². The van der Waals surface area contributed by atoms with Gasteiger partial charge in [0.15, 0.2) is 0 Å². The summed E-state index contributed by atoms with van der Waals surface area (Å²) >= 11 is 0. The molecule has 22 heavy (non-hydrogen) atoms. The number of halogens is 1. The second-order valence-corrected chi connectivity index (χ2v) is 5.76. The summed E-state index contributed by atoms with van der Waals surface area (Å²) < 4.78 is 12.9. The predicted molar refractivity (Wildman–Crippen MR) is 86.6 cm³/mol. The second-order valence-electron chi connectivity index (χ2n) is 5.76. The topological polar surface area (TPSA) is 32.3 Å². The van der Waals surface area contributed by atoms with E-state index in [9.17, 15) is 9.18 Å². The summed E-state index contributed by atoms with van der Waals surface area (Å²) in [6, 6.07) is 13.8. The number of hydrogen-bond donors (Lipinski definition) is 1. The van der Waals surface area contributed by atoms with E-state index in [2.05, 4.69) is 18.3 Å². The Balaban J connectivity index is 1.77. The van der Waals surface area contributed by atoms with Gasteiger partial charge in [-0.05, 0) is 56.2 Å². The van der Waals surface area contributed by atoms with Crippen LogP contribution in [0.1, 0.15) is 19.4 Å². The molecule has 1 amide bonds. The van der Waals surface area contributed by atoms with Crippen LogP contribution in [-0.4, -0.2) is 18.0 Å². The Bertz CT molecular complexity index is 684. The minimum atomic E-state index is -0.376. The minimum Gasteiger partial charge on any atom is -0.374 e. The molecule has 0 saturated heterocycles. The zero-order valence-electron chi connectivity index (χ0n) is 12.7. The van der Waals surface area contributed by atoms with Crippen molar-refractivity contribution in [2.45, 2.75) is 32.4 Å². The largest absolute Gasteiger partial charge is 0.374 e. The maximum Gasteiger partial charge on any atom is 0.249 e. The Hall–Kier alpha value is -2.36. The van der Waals surface area contributed by atoms with Crippen LogP contribution in [0.15, 0.2) is 48.5 Å². The fourth-order valence-electron chi connectivity index (χ4n) is 2.97. The zero-order chi connectivity index (χ0) is 15.7. The zero-order valence-corrected chi connectivity index (χ0v) is 12.7. The molecule has 3 rings (SSSR count). The fraction of sp³-hybridized carbons (Fsp3) is 0.278. The average molecular weight is 298 g/mol. The summed E-state index contributed by atoms with van der Waals surface area (Å²) in [7, 11) is 0. The molecular weight excluding hydrogens is 279 g/mol. The molecule has 1 heterocycles. The Kier molecular flexibility index (Phi) is 3.84. The molecule has 3 nitrogen and oxygen atoms in total. The van der Waals surface area contributed by atoms with E-state index in [1.807, 2.05) is 30.0 Å². The Morgan fingerprint density at radius 3 is 2.64 bits per heavy atom. The molecule has 0 spiro atoms. The van der Waals surface area contributed by atoms with Gasteiger partial charge in [-0.2, -0.15) is 0 Å². The van der Waals surface area contributed by atoms with Gasteiger partial charge in [0.1, 0.15) is 11.9 Å². The van der Waals surface area contributed by atoms with Crippen molar-refractivity contribution < 1.29 is 9.18 Å². The Morgan fingerprint density at radius 1 is 1.23 bits per heavy atom. The van der Waals surface area contributed by atoms with Crippen LogP contribution in [0.2, 0.25) is 0 Å². The summed E-state index contributed by atoms with van der Waals surface area (Å²) in [6.07, 6.45) is 0.880. The maximum atomic E-state index is 12.9. The van der Waals surface area contributed by atoms with Crippen LogP contribution in [0.4, 0.5) is 15.8 Å². The number of nitrogens with one attached hydrogen (secondary N) is 1. The SMILES string of the molecule is CC(Nc1ccc(F)cc1)C(=O)N1c2ccccc2CC1C. The normalized spacial score (nSPS) is 18.0. The maximum absolute atomic E-state index is 12.9. The summed E-state index contributed by atoms with van der Waals surface area (Å²) in [5.41, 5.74) is 2.94. The highest BCUT2D eigenvalue weighted by atomic mass is 19.1. The molecule has 2 aromatic carbocycles. The number of amides is 1. The van der Waals surface area contributed by atoms with E-state index in [-0.39, 0.29) is 23.8 Å². The van der Waals surface area contributed by atoms with Gasteiger partial charge in [0.25, 0.3) is 0 Å². The van der Waals surface area contributed by atoms with Crippen molar-refractivity contribution in [3.05, 3.63) is 59.9 Å². The van der Waals surface area contributed by atoms with Crippen molar-refractivity contribution in [2.24, 2.45) is 0 Å². The molecule has 0 radical (unpaired) electrons. The summed E-state index contributed by atoms with van der Waals surface area (Å²) in [6.45, 7) is 3.89. The number of rotatable bonds is 3. The molecule has 4 heteroatoms. The number of benzene rings is 2.